The van der Waals surface area contributed by atoms with Crippen LogP contribution in [0.5, 0.6) is 0 Å². The highest BCUT2D eigenvalue weighted by molar-refractivity contribution is 7.89. The van der Waals surface area contributed by atoms with Crippen LogP contribution in [-0.2, 0) is 24.4 Å². The normalized spacial score (nSPS) is 32.0. The number of hydrogen-bond acceptors (Lipinski definition) is 8. The fraction of sp³-hybridized carbons (Fsp3) is 0.705. The zero-order valence-corrected chi connectivity index (χ0v) is 35.3. The molecular weight excluding hydrogens is 745 g/mol. The Kier molecular flexibility index (Phi) is 13.3. The van der Waals surface area contributed by atoms with Crippen molar-refractivity contribution in [3.05, 3.63) is 36.4 Å². The quantitative estimate of drug-likeness (QED) is 0.120. The molecule has 6 rings (SSSR count). The minimum absolute atomic E-state index is 0.0823. The molecule has 2 amide bonds. The third-order valence-electron chi connectivity index (χ3n) is 15.2. The standard InChI is InChI=1S/C44H66N4O8S/c1-27(32-16-17-33-41-34(20-22-44(32,33)3)43(2)21-19-29(49)24-28(43)25-37(41)50)15-18-39(51)47-35(42(54)45-26-40(52)53)12-6-7-23-46-57(55,56)38-14-9-10-30-31(38)11-8-13-36(30)48(4)5/h8-11,13-14,27-29,32-35,37,41,46,49-50H,6-7,12,15-26H2,1-5H3,(H,45,54)(H,47,51)(H,52,53)/t27-,28?,29-,32?,33?,34?,35+,37+,41?,43+,44-/m1/s1. The van der Waals surface area contributed by atoms with Gasteiger partial charge in [-0.25, -0.2) is 13.1 Å². The number of amides is 2. The summed E-state index contributed by atoms with van der Waals surface area (Å²) in [6.45, 7) is 6.63. The van der Waals surface area contributed by atoms with Crippen LogP contribution in [0.15, 0.2) is 41.3 Å². The number of carboxylic acid groups (broad SMARTS) is 1. The molecule has 12 nitrogen and oxygen atoms in total. The first-order chi connectivity index (χ1) is 27.0. The second-order valence-corrected chi connectivity index (χ2v) is 20.4. The lowest BCUT2D eigenvalue weighted by atomic mass is 9.43. The maximum atomic E-state index is 13.4. The minimum atomic E-state index is -3.84. The number of nitrogens with zero attached hydrogens (tertiary/aromatic N) is 1. The lowest BCUT2D eigenvalue weighted by molar-refractivity contribution is -0.174. The first-order valence-corrected chi connectivity index (χ1v) is 22.8. The lowest BCUT2D eigenvalue weighted by Crippen LogP contribution is -2.58. The second-order valence-electron chi connectivity index (χ2n) is 18.6. The van der Waals surface area contributed by atoms with Gasteiger partial charge in [0.1, 0.15) is 12.6 Å². The van der Waals surface area contributed by atoms with E-state index in [4.69, 9.17) is 5.11 Å². The van der Waals surface area contributed by atoms with Crippen molar-refractivity contribution in [3.63, 3.8) is 0 Å². The van der Waals surface area contributed by atoms with E-state index in [2.05, 4.69) is 36.1 Å². The van der Waals surface area contributed by atoms with Gasteiger partial charge in [-0.15, -0.1) is 0 Å². The Morgan fingerprint density at radius 2 is 1.60 bits per heavy atom. The molecule has 0 spiro atoms. The van der Waals surface area contributed by atoms with Crippen molar-refractivity contribution in [2.45, 2.75) is 127 Å². The van der Waals surface area contributed by atoms with Crippen LogP contribution >= 0.6 is 0 Å². The van der Waals surface area contributed by atoms with Gasteiger partial charge in [0, 0.05) is 43.5 Å². The third-order valence-corrected chi connectivity index (χ3v) is 16.7. The molecule has 0 heterocycles. The number of nitrogens with one attached hydrogen (secondary N) is 3. The van der Waals surface area contributed by atoms with Gasteiger partial charge in [0.15, 0.2) is 0 Å². The number of aliphatic carboxylic acids is 1. The van der Waals surface area contributed by atoms with E-state index >= 15 is 0 Å². The molecule has 4 aliphatic carbocycles. The number of carboxylic acids is 1. The number of fused-ring (bicyclic) bond motifs is 6. The van der Waals surface area contributed by atoms with E-state index in [0.29, 0.717) is 48.3 Å². The first-order valence-electron chi connectivity index (χ1n) is 21.3. The third kappa shape index (κ3) is 9.01. The van der Waals surface area contributed by atoms with Crippen molar-refractivity contribution in [2.75, 3.05) is 32.1 Å². The molecule has 4 aliphatic rings. The smallest absolute Gasteiger partial charge is 0.322 e. The fourth-order valence-corrected chi connectivity index (χ4v) is 13.5. The van der Waals surface area contributed by atoms with Crippen LogP contribution in [0.1, 0.15) is 104 Å². The molecule has 0 radical (unpaired) electrons. The molecule has 5 unspecified atom stereocenters. The van der Waals surface area contributed by atoms with Crippen LogP contribution in [0, 0.1) is 46.3 Å². The Balaban J connectivity index is 1.02. The van der Waals surface area contributed by atoms with Crippen molar-refractivity contribution in [3.8, 4) is 0 Å². The van der Waals surface area contributed by atoms with Gasteiger partial charge < -0.3 is 30.9 Å². The summed E-state index contributed by atoms with van der Waals surface area (Å²) in [5.74, 6) is 0.207. The summed E-state index contributed by atoms with van der Waals surface area (Å²) in [4.78, 5) is 39.8. The molecule has 0 bridgehead atoms. The highest BCUT2D eigenvalue weighted by Gasteiger charge is 2.62. The predicted molar refractivity (Wildman–Crippen MR) is 221 cm³/mol. The van der Waals surface area contributed by atoms with Gasteiger partial charge in [-0.2, -0.15) is 0 Å². The Labute approximate surface area is 339 Å². The Morgan fingerprint density at radius 3 is 2.33 bits per heavy atom. The van der Waals surface area contributed by atoms with E-state index in [9.17, 15) is 33.0 Å². The molecule has 2 aromatic carbocycles. The zero-order chi connectivity index (χ0) is 41.3. The van der Waals surface area contributed by atoms with Crippen LogP contribution < -0.4 is 20.3 Å². The molecule has 0 saturated heterocycles. The summed E-state index contributed by atoms with van der Waals surface area (Å²) < 4.78 is 29.4. The summed E-state index contributed by atoms with van der Waals surface area (Å²) in [5, 5.41) is 37.9. The molecule has 13 heteroatoms. The van der Waals surface area contributed by atoms with Gasteiger partial charge in [-0.3, -0.25) is 14.4 Å². The van der Waals surface area contributed by atoms with Gasteiger partial charge in [0.25, 0.3) is 0 Å². The summed E-state index contributed by atoms with van der Waals surface area (Å²) in [5.41, 5.74) is 1.16. The summed E-state index contributed by atoms with van der Waals surface area (Å²) >= 11 is 0. The first kappa shape index (κ1) is 43.3. The molecular formula is C44H66N4O8S. The van der Waals surface area contributed by atoms with Crippen LogP contribution in [0.4, 0.5) is 5.69 Å². The summed E-state index contributed by atoms with van der Waals surface area (Å²) in [6.07, 6.45) is 9.16. The number of unbranched alkanes of at least 4 members (excludes halogenated alkanes) is 1. The summed E-state index contributed by atoms with van der Waals surface area (Å²) in [7, 11) is -0.0258. The Hall–Kier alpha value is -3.26. The Morgan fingerprint density at radius 1 is 0.895 bits per heavy atom. The number of sulfonamides is 1. The topological polar surface area (TPSA) is 185 Å². The van der Waals surface area contributed by atoms with E-state index in [-0.39, 0.29) is 65.1 Å². The second kappa shape index (κ2) is 17.5. The molecule has 316 valence electrons. The highest BCUT2D eigenvalue weighted by atomic mass is 32.2. The largest absolute Gasteiger partial charge is 0.480 e. The van der Waals surface area contributed by atoms with Crippen LogP contribution in [0.3, 0.4) is 0 Å². The number of aliphatic hydroxyl groups is 2. The molecule has 11 atom stereocenters. The maximum absolute atomic E-state index is 13.4. The number of benzene rings is 2. The van der Waals surface area contributed by atoms with Crippen molar-refractivity contribution in [1.29, 1.82) is 0 Å². The number of anilines is 1. The van der Waals surface area contributed by atoms with E-state index < -0.39 is 34.5 Å². The molecule has 0 aromatic heterocycles. The molecule has 4 saturated carbocycles. The number of aliphatic hydroxyl groups excluding tert-OH is 2. The van der Waals surface area contributed by atoms with Crippen LogP contribution in [-0.4, -0.2) is 87.0 Å². The van der Waals surface area contributed by atoms with Crippen molar-refractivity contribution in [2.24, 2.45) is 46.3 Å². The zero-order valence-electron chi connectivity index (χ0n) is 34.5. The molecule has 0 aliphatic heterocycles. The average molecular weight is 811 g/mol. The highest BCUT2D eigenvalue weighted by Crippen LogP contribution is 2.68. The molecule has 4 fully saturated rings. The van der Waals surface area contributed by atoms with Crippen molar-refractivity contribution >= 4 is 44.3 Å². The minimum Gasteiger partial charge on any atom is -0.480 e. The average Bonchev–Trinajstić information content (AvgIpc) is 3.52. The van der Waals surface area contributed by atoms with E-state index in [1.54, 1.807) is 18.2 Å². The van der Waals surface area contributed by atoms with Crippen LogP contribution in [0.2, 0.25) is 0 Å². The van der Waals surface area contributed by atoms with Crippen molar-refractivity contribution < 1.29 is 38.1 Å². The Bertz CT molecular complexity index is 1890. The molecule has 2 aromatic rings. The monoisotopic (exact) mass is 810 g/mol. The summed E-state index contributed by atoms with van der Waals surface area (Å²) in [6, 6.07) is 9.81. The van der Waals surface area contributed by atoms with E-state index in [0.717, 1.165) is 62.4 Å². The molecule has 57 heavy (non-hydrogen) atoms. The van der Waals surface area contributed by atoms with Gasteiger partial charge >= 0.3 is 5.97 Å². The number of carbonyl (C=O) groups excluding carboxylic acids is 2. The fourth-order valence-electron chi connectivity index (χ4n) is 12.2. The van der Waals surface area contributed by atoms with Gasteiger partial charge in [-0.05, 0) is 136 Å². The maximum Gasteiger partial charge on any atom is 0.322 e. The predicted octanol–water partition coefficient (Wildman–Crippen LogP) is 5.45. The lowest BCUT2D eigenvalue weighted by Gasteiger charge is -2.62. The van der Waals surface area contributed by atoms with Crippen LogP contribution in [0.25, 0.3) is 10.8 Å². The van der Waals surface area contributed by atoms with Gasteiger partial charge in [0.05, 0.1) is 17.1 Å². The molecule has 6 N–H and O–H groups in total. The van der Waals surface area contributed by atoms with E-state index in [1.165, 1.54) is 0 Å². The number of hydrogen-bond donors (Lipinski definition) is 6. The SMILES string of the molecule is C[C@H](CCC(=O)N[C@@H](CCCCNS(=O)(=O)c1cccc2c(N(C)C)cccc12)C(=O)NCC(=O)O)C1CCC2C3C(CC[C@@]21C)[C@@]1(C)CC[C@@H](O)CC1C[C@@H]3O. The number of carbonyl (C=O) groups is 3. The number of rotatable bonds is 16. The van der Waals surface area contributed by atoms with Gasteiger partial charge in [-0.1, -0.05) is 45.0 Å². The van der Waals surface area contributed by atoms with Crippen molar-refractivity contribution in [1.82, 2.24) is 15.4 Å². The van der Waals surface area contributed by atoms with Gasteiger partial charge in [0.2, 0.25) is 21.8 Å². The van der Waals surface area contributed by atoms with E-state index in [1.807, 2.05) is 37.2 Å².